The molecule has 4 rings (SSSR count). The Bertz CT molecular complexity index is 1160. The lowest BCUT2D eigenvalue weighted by molar-refractivity contribution is -0.131. The van der Waals surface area contributed by atoms with Crippen molar-refractivity contribution in [1.29, 1.82) is 0 Å². The number of amides is 1. The molecule has 0 spiro atoms. The van der Waals surface area contributed by atoms with Crippen LogP contribution in [0.25, 0.3) is 16.7 Å². The number of anilines is 1. The minimum absolute atomic E-state index is 0.0339. The number of likely N-dealkylation sites (N-methyl/N-ethyl adjacent to an activating group) is 1. The molecule has 3 aromatic heterocycles. The third kappa shape index (κ3) is 2.96. The number of fused-ring (bicyclic) bond motifs is 2. The van der Waals surface area contributed by atoms with Gasteiger partial charge in [-0.15, -0.1) is 5.10 Å². The van der Waals surface area contributed by atoms with E-state index in [1.807, 2.05) is 51.1 Å². The molecule has 1 atom stereocenters. The molecule has 4 aromatic rings. The van der Waals surface area contributed by atoms with Crippen molar-refractivity contribution in [1.82, 2.24) is 24.5 Å². The number of hydrogen-bond donors (Lipinski definition) is 1. The Labute approximate surface area is 162 Å². The summed E-state index contributed by atoms with van der Waals surface area (Å²) in [4.78, 5) is 23.2. The summed E-state index contributed by atoms with van der Waals surface area (Å²) in [5.41, 5.74) is 8.87. The maximum Gasteiger partial charge on any atom is 0.254 e. The van der Waals surface area contributed by atoms with Gasteiger partial charge in [0.2, 0.25) is 11.9 Å². The van der Waals surface area contributed by atoms with Crippen molar-refractivity contribution < 1.29 is 9.21 Å². The van der Waals surface area contributed by atoms with Crippen molar-refractivity contribution in [2.45, 2.75) is 33.2 Å². The van der Waals surface area contributed by atoms with Crippen LogP contribution in [0.2, 0.25) is 0 Å². The monoisotopic (exact) mass is 378 g/mol. The van der Waals surface area contributed by atoms with Crippen LogP contribution in [-0.2, 0) is 11.2 Å². The van der Waals surface area contributed by atoms with E-state index in [-0.39, 0.29) is 24.3 Å². The number of para-hydroxylation sites is 1. The number of carbonyl (C=O) groups excluding carboxylic acids is 1. The third-order valence-corrected chi connectivity index (χ3v) is 5.22. The second kappa shape index (κ2) is 6.63. The fourth-order valence-corrected chi connectivity index (χ4v) is 3.37. The highest BCUT2D eigenvalue weighted by Gasteiger charge is 2.23. The number of aryl methyl sites for hydroxylation is 2. The molecular weight excluding hydrogens is 356 g/mol. The summed E-state index contributed by atoms with van der Waals surface area (Å²) < 4.78 is 7.49. The molecule has 0 saturated heterocycles. The number of benzene rings is 1. The van der Waals surface area contributed by atoms with Crippen molar-refractivity contribution >= 4 is 28.6 Å². The number of aromatic nitrogens is 4. The van der Waals surface area contributed by atoms with Gasteiger partial charge in [-0.25, -0.2) is 4.98 Å². The normalized spacial score (nSPS) is 12.6. The van der Waals surface area contributed by atoms with Crippen LogP contribution >= 0.6 is 0 Å². The topological polar surface area (TPSA) is 103 Å². The zero-order valence-corrected chi connectivity index (χ0v) is 16.3. The minimum atomic E-state index is -0.195. The smallest absolute Gasteiger partial charge is 0.254 e. The fraction of sp³-hybridized carbons (Fsp3) is 0.300. The lowest BCUT2D eigenvalue weighted by Gasteiger charge is -2.24. The van der Waals surface area contributed by atoms with Crippen molar-refractivity contribution in [2.75, 3.05) is 12.8 Å². The van der Waals surface area contributed by atoms with Gasteiger partial charge in [0.15, 0.2) is 0 Å². The van der Waals surface area contributed by atoms with Crippen molar-refractivity contribution in [3.63, 3.8) is 0 Å². The van der Waals surface area contributed by atoms with Crippen LogP contribution in [0.15, 0.2) is 34.7 Å². The Hall–Kier alpha value is -3.42. The summed E-state index contributed by atoms with van der Waals surface area (Å²) in [7, 11) is 1.78. The second-order valence-corrected chi connectivity index (χ2v) is 6.99. The molecule has 2 N–H and O–H groups in total. The van der Waals surface area contributed by atoms with Crippen LogP contribution < -0.4 is 5.73 Å². The Morgan fingerprint density at radius 1 is 1.29 bits per heavy atom. The molecule has 1 aromatic carbocycles. The molecule has 3 heterocycles. The van der Waals surface area contributed by atoms with Gasteiger partial charge in [0.05, 0.1) is 12.5 Å². The molecule has 0 aliphatic carbocycles. The quantitative estimate of drug-likeness (QED) is 0.586. The number of carbonyl (C=O) groups is 1. The zero-order chi connectivity index (χ0) is 20.0. The summed E-state index contributed by atoms with van der Waals surface area (Å²) in [6.07, 6.45) is 0.210. The lowest BCUT2D eigenvalue weighted by atomic mass is 10.1. The molecule has 144 valence electrons. The summed E-state index contributed by atoms with van der Waals surface area (Å²) in [5, 5.41) is 5.18. The number of nitrogens with zero attached hydrogens (tertiary/aromatic N) is 5. The van der Waals surface area contributed by atoms with Gasteiger partial charge in [-0.05, 0) is 32.9 Å². The summed E-state index contributed by atoms with van der Waals surface area (Å²) in [6.45, 7) is 5.71. The van der Waals surface area contributed by atoms with Gasteiger partial charge in [0, 0.05) is 29.4 Å². The van der Waals surface area contributed by atoms with E-state index in [1.165, 1.54) is 0 Å². The van der Waals surface area contributed by atoms with E-state index in [1.54, 1.807) is 16.5 Å². The molecule has 0 aliphatic heterocycles. The van der Waals surface area contributed by atoms with Crippen LogP contribution in [0.4, 0.5) is 5.95 Å². The second-order valence-electron chi connectivity index (χ2n) is 6.99. The van der Waals surface area contributed by atoms with Crippen molar-refractivity contribution in [3.05, 3.63) is 53.0 Å². The van der Waals surface area contributed by atoms with Gasteiger partial charge in [-0.1, -0.05) is 18.2 Å². The lowest BCUT2D eigenvalue weighted by Crippen LogP contribution is -2.31. The molecular formula is C20H22N6O2. The first-order valence-corrected chi connectivity index (χ1v) is 9.07. The highest BCUT2D eigenvalue weighted by Crippen LogP contribution is 2.27. The average Bonchev–Trinajstić information content (AvgIpc) is 3.26. The highest BCUT2D eigenvalue weighted by atomic mass is 16.3. The summed E-state index contributed by atoms with van der Waals surface area (Å²) in [5.74, 6) is 1.32. The van der Waals surface area contributed by atoms with E-state index in [0.717, 1.165) is 33.7 Å². The van der Waals surface area contributed by atoms with Gasteiger partial charge >= 0.3 is 0 Å². The molecule has 0 radical (unpaired) electrons. The Balaban J connectivity index is 1.60. The van der Waals surface area contributed by atoms with Gasteiger partial charge in [0.1, 0.15) is 11.3 Å². The van der Waals surface area contributed by atoms with Gasteiger partial charge in [-0.2, -0.15) is 9.50 Å². The first kappa shape index (κ1) is 18.0. The van der Waals surface area contributed by atoms with E-state index < -0.39 is 0 Å². The molecule has 8 heteroatoms. The highest BCUT2D eigenvalue weighted by molar-refractivity contribution is 5.80. The van der Waals surface area contributed by atoms with Crippen LogP contribution in [0, 0.1) is 13.8 Å². The zero-order valence-electron chi connectivity index (χ0n) is 16.3. The number of nitrogens with two attached hydrogens (primary N) is 1. The van der Waals surface area contributed by atoms with Crippen LogP contribution in [0.3, 0.4) is 0 Å². The van der Waals surface area contributed by atoms with E-state index in [4.69, 9.17) is 10.2 Å². The standard InChI is InChI=1S/C20H22N6O2/c1-11-15(12(2)26-20(22-11)23-19(21)24-26)10-18(27)25(4)13(3)17-9-14-7-5-6-8-16(14)28-17/h5-9,13H,10H2,1-4H3,(H2,21,24). The Morgan fingerprint density at radius 2 is 2.04 bits per heavy atom. The van der Waals surface area contributed by atoms with Gasteiger partial charge in [0.25, 0.3) is 5.78 Å². The SMILES string of the molecule is Cc1nc2nc(N)nn2c(C)c1CC(=O)N(C)C(C)c1cc2ccccc2o1. The maximum atomic E-state index is 13.0. The largest absolute Gasteiger partial charge is 0.459 e. The first-order valence-electron chi connectivity index (χ1n) is 9.07. The predicted octanol–water partition coefficient (Wildman–Crippen LogP) is 2.83. The summed E-state index contributed by atoms with van der Waals surface area (Å²) in [6, 6.07) is 9.60. The molecule has 0 fully saturated rings. The maximum absolute atomic E-state index is 13.0. The third-order valence-electron chi connectivity index (χ3n) is 5.22. The number of furan rings is 1. The molecule has 1 amide bonds. The molecule has 8 nitrogen and oxygen atoms in total. The first-order chi connectivity index (χ1) is 13.3. The number of nitrogen functional groups attached to an aromatic ring is 1. The molecule has 1 unspecified atom stereocenters. The van der Waals surface area contributed by atoms with E-state index in [2.05, 4.69) is 15.1 Å². The number of rotatable bonds is 4. The van der Waals surface area contributed by atoms with E-state index in [9.17, 15) is 4.79 Å². The Morgan fingerprint density at radius 3 is 2.79 bits per heavy atom. The van der Waals surface area contributed by atoms with E-state index in [0.29, 0.717) is 5.78 Å². The Kier molecular flexibility index (Phi) is 4.26. The number of hydrogen-bond acceptors (Lipinski definition) is 6. The molecule has 0 saturated carbocycles. The van der Waals surface area contributed by atoms with E-state index >= 15 is 0 Å². The molecule has 28 heavy (non-hydrogen) atoms. The molecule has 0 bridgehead atoms. The van der Waals surface area contributed by atoms with Crippen LogP contribution in [-0.4, -0.2) is 37.4 Å². The average molecular weight is 378 g/mol. The molecule has 0 aliphatic rings. The summed E-state index contributed by atoms with van der Waals surface area (Å²) >= 11 is 0. The minimum Gasteiger partial charge on any atom is -0.459 e. The van der Waals surface area contributed by atoms with Gasteiger partial charge in [-0.3, -0.25) is 4.79 Å². The van der Waals surface area contributed by atoms with Crippen LogP contribution in [0.5, 0.6) is 0 Å². The van der Waals surface area contributed by atoms with Crippen molar-refractivity contribution in [2.24, 2.45) is 0 Å². The van der Waals surface area contributed by atoms with Crippen LogP contribution in [0.1, 0.15) is 35.7 Å². The predicted molar refractivity (Wildman–Crippen MR) is 106 cm³/mol. The van der Waals surface area contributed by atoms with Crippen molar-refractivity contribution in [3.8, 4) is 0 Å². The van der Waals surface area contributed by atoms with Gasteiger partial charge < -0.3 is 15.1 Å². The fourth-order valence-electron chi connectivity index (χ4n) is 3.37.